The first-order chi connectivity index (χ1) is 7.71. The van der Waals surface area contributed by atoms with E-state index >= 15 is 0 Å². The molecule has 1 aromatic carbocycles. The number of aryl methyl sites for hydroxylation is 3. The molecule has 1 N–H and O–H groups in total. The quantitative estimate of drug-likeness (QED) is 0.879. The highest BCUT2D eigenvalue weighted by atomic mass is 19.3. The van der Waals surface area contributed by atoms with Gasteiger partial charge in [-0.05, 0) is 43.0 Å². The van der Waals surface area contributed by atoms with E-state index in [-0.39, 0.29) is 0 Å². The number of carbonyl (C=O) groups is 1. The molecule has 2 nitrogen and oxygen atoms in total. The number of carboxylic acid groups (broad SMARTS) is 1. The van der Waals surface area contributed by atoms with Crippen molar-refractivity contribution < 1.29 is 18.7 Å². The van der Waals surface area contributed by atoms with Crippen LogP contribution in [0.1, 0.15) is 28.7 Å². The van der Waals surface area contributed by atoms with Crippen molar-refractivity contribution in [2.24, 2.45) is 0 Å². The standard InChI is InChI=1S/C13H16F2O2/c1-8-4-10(3)11(5-9(8)2)6-13(14,15)7-12(16)17/h4-5H,6-7H2,1-3H3,(H,16,17). The molecule has 0 aliphatic rings. The first kappa shape index (κ1) is 13.6. The summed E-state index contributed by atoms with van der Waals surface area (Å²) in [5.41, 5.74) is 3.28. The third-order valence-corrected chi connectivity index (χ3v) is 2.81. The van der Waals surface area contributed by atoms with Gasteiger partial charge in [-0.25, -0.2) is 8.78 Å². The van der Waals surface area contributed by atoms with Crippen LogP contribution >= 0.6 is 0 Å². The van der Waals surface area contributed by atoms with E-state index in [9.17, 15) is 13.6 Å². The van der Waals surface area contributed by atoms with Crippen LogP contribution in [0.5, 0.6) is 0 Å². The molecule has 94 valence electrons. The molecule has 0 bridgehead atoms. The molecule has 17 heavy (non-hydrogen) atoms. The van der Waals surface area contributed by atoms with Gasteiger partial charge in [0.15, 0.2) is 0 Å². The number of hydrogen-bond acceptors (Lipinski definition) is 1. The predicted molar refractivity (Wildman–Crippen MR) is 61.6 cm³/mol. The molecule has 0 aliphatic heterocycles. The zero-order chi connectivity index (χ0) is 13.2. The monoisotopic (exact) mass is 242 g/mol. The molecule has 0 saturated heterocycles. The van der Waals surface area contributed by atoms with Gasteiger partial charge in [0.25, 0.3) is 5.92 Å². The van der Waals surface area contributed by atoms with Crippen molar-refractivity contribution in [3.63, 3.8) is 0 Å². The molecule has 0 heterocycles. The van der Waals surface area contributed by atoms with E-state index in [1.165, 1.54) is 0 Å². The maximum atomic E-state index is 13.4. The highest BCUT2D eigenvalue weighted by Crippen LogP contribution is 2.27. The highest BCUT2D eigenvalue weighted by Gasteiger charge is 2.33. The Kier molecular flexibility index (Phi) is 3.86. The summed E-state index contributed by atoms with van der Waals surface area (Å²) in [7, 11) is 0. The summed E-state index contributed by atoms with van der Waals surface area (Å²) in [6.45, 7) is 5.54. The average Bonchev–Trinajstić information content (AvgIpc) is 2.11. The molecule has 0 unspecified atom stereocenters. The SMILES string of the molecule is Cc1cc(C)c(CC(F)(F)CC(=O)O)cc1C. The first-order valence-corrected chi connectivity index (χ1v) is 5.37. The van der Waals surface area contributed by atoms with Gasteiger partial charge in [-0.3, -0.25) is 4.79 Å². The lowest BCUT2D eigenvalue weighted by Crippen LogP contribution is -2.24. The van der Waals surface area contributed by atoms with Crippen molar-refractivity contribution in [2.45, 2.75) is 39.5 Å². The van der Waals surface area contributed by atoms with E-state index in [2.05, 4.69) is 0 Å². The van der Waals surface area contributed by atoms with Gasteiger partial charge in [0.1, 0.15) is 6.42 Å². The van der Waals surface area contributed by atoms with Crippen LogP contribution in [0.4, 0.5) is 8.78 Å². The lowest BCUT2D eigenvalue weighted by atomic mass is 9.95. The molecule has 1 aromatic rings. The maximum Gasteiger partial charge on any atom is 0.309 e. The smallest absolute Gasteiger partial charge is 0.309 e. The number of carboxylic acids is 1. The van der Waals surface area contributed by atoms with Crippen molar-refractivity contribution in [1.29, 1.82) is 0 Å². The van der Waals surface area contributed by atoms with Gasteiger partial charge in [0, 0.05) is 6.42 Å². The van der Waals surface area contributed by atoms with Gasteiger partial charge < -0.3 is 5.11 Å². The van der Waals surface area contributed by atoms with Gasteiger partial charge in [-0.2, -0.15) is 0 Å². The molecule has 0 amide bonds. The summed E-state index contributed by atoms with van der Waals surface area (Å²) in [4.78, 5) is 10.3. The van der Waals surface area contributed by atoms with Gasteiger partial charge >= 0.3 is 5.97 Å². The topological polar surface area (TPSA) is 37.3 Å². The van der Waals surface area contributed by atoms with E-state index in [4.69, 9.17) is 5.11 Å². The van der Waals surface area contributed by atoms with E-state index < -0.39 is 24.7 Å². The van der Waals surface area contributed by atoms with Crippen molar-refractivity contribution >= 4 is 5.97 Å². The second-order valence-corrected chi connectivity index (χ2v) is 4.47. The van der Waals surface area contributed by atoms with Crippen LogP contribution in [-0.4, -0.2) is 17.0 Å². The minimum absolute atomic E-state index is 0.513. The third kappa shape index (κ3) is 3.80. The molecule has 0 aromatic heterocycles. The van der Waals surface area contributed by atoms with E-state index in [1.54, 1.807) is 13.0 Å². The lowest BCUT2D eigenvalue weighted by Gasteiger charge is -2.16. The zero-order valence-corrected chi connectivity index (χ0v) is 10.2. The van der Waals surface area contributed by atoms with Crippen molar-refractivity contribution in [3.8, 4) is 0 Å². The molecule has 4 heteroatoms. The number of aliphatic carboxylic acids is 1. The van der Waals surface area contributed by atoms with Gasteiger partial charge in [0.05, 0.1) is 0 Å². The molecular weight excluding hydrogens is 226 g/mol. The molecule has 0 radical (unpaired) electrons. The third-order valence-electron chi connectivity index (χ3n) is 2.81. The van der Waals surface area contributed by atoms with E-state index in [1.807, 2.05) is 19.9 Å². The molecule has 0 spiro atoms. The largest absolute Gasteiger partial charge is 0.481 e. The molecule has 0 aliphatic carbocycles. The van der Waals surface area contributed by atoms with Crippen LogP contribution in [0.3, 0.4) is 0 Å². The predicted octanol–water partition coefficient (Wildman–Crippen LogP) is 3.26. The van der Waals surface area contributed by atoms with Crippen LogP contribution in [0, 0.1) is 20.8 Å². The zero-order valence-electron chi connectivity index (χ0n) is 10.2. The Balaban J connectivity index is 2.95. The Morgan fingerprint density at radius 1 is 1.18 bits per heavy atom. The van der Waals surface area contributed by atoms with E-state index in [0.29, 0.717) is 5.56 Å². The van der Waals surface area contributed by atoms with Crippen molar-refractivity contribution in [3.05, 3.63) is 34.4 Å². The number of benzene rings is 1. The highest BCUT2D eigenvalue weighted by molar-refractivity contribution is 5.67. The number of hydrogen-bond donors (Lipinski definition) is 1. The summed E-state index contributed by atoms with van der Waals surface area (Å²) in [5.74, 6) is -4.67. The molecular formula is C13H16F2O2. The second kappa shape index (κ2) is 4.82. The minimum Gasteiger partial charge on any atom is -0.481 e. The number of alkyl halides is 2. The molecule has 1 rings (SSSR count). The van der Waals surface area contributed by atoms with Crippen LogP contribution in [-0.2, 0) is 11.2 Å². The van der Waals surface area contributed by atoms with E-state index in [0.717, 1.165) is 16.7 Å². The minimum atomic E-state index is -3.20. The fraction of sp³-hybridized carbons (Fsp3) is 0.462. The van der Waals surface area contributed by atoms with Crippen LogP contribution < -0.4 is 0 Å². The molecule has 0 fully saturated rings. The van der Waals surface area contributed by atoms with Crippen LogP contribution in [0.25, 0.3) is 0 Å². The second-order valence-electron chi connectivity index (χ2n) is 4.47. The molecule has 0 saturated carbocycles. The molecule has 0 atom stereocenters. The summed E-state index contributed by atoms with van der Waals surface area (Å²) in [5, 5.41) is 8.42. The maximum absolute atomic E-state index is 13.4. The Labute approximate surface area is 99.3 Å². The van der Waals surface area contributed by atoms with Crippen LogP contribution in [0.15, 0.2) is 12.1 Å². The lowest BCUT2D eigenvalue weighted by molar-refractivity contribution is -0.144. The summed E-state index contributed by atoms with van der Waals surface area (Å²) >= 11 is 0. The Morgan fingerprint density at radius 2 is 1.71 bits per heavy atom. The number of rotatable bonds is 4. The summed E-state index contributed by atoms with van der Waals surface area (Å²) in [6.07, 6.45) is -1.65. The average molecular weight is 242 g/mol. The Morgan fingerprint density at radius 3 is 2.24 bits per heavy atom. The van der Waals surface area contributed by atoms with Gasteiger partial charge in [-0.15, -0.1) is 0 Å². The Bertz CT molecular complexity index is 439. The van der Waals surface area contributed by atoms with Gasteiger partial charge in [0.2, 0.25) is 0 Å². The van der Waals surface area contributed by atoms with Crippen molar-refractivity contribution in [1.82, 2.24) is 0 Å². The first-order valence-electron chi connectivity index (χ1n) is 5.37. The fourth-order valence-corrected chi connectivity index (χ4v) is 1.77. The normalized spacial score (nSPS) is 11.6. The van der Waals surface area contributed by atoms with Crippen molar-refractivity contribution in [2.75, 3.05) is 0 Å². The summed E-state index contributed by atoms with van der Waals surface area (Å²) < 4.78 is 26.8. The summed E-state index contributed by atoms with van der Waals surface area (Å²) in [6, 6.07) is 3.56. The fourth-order valence-electron chi connectivity index (χ4n) is 1.77. The Hall–Kier alpha value is -1.45. The van der Waals surface area contributed by atoms with Crippen LogP contribution in [0.2, 0.25) is 0 Å². The van der Waals surface area contributed by atoms with Gasteiger partial charge in [-0.1, -0.05) is 12.1 Å². The number of halogens is 2.